The summed E-state index contributed by atoms with van der Waals surface area (Å²) in [7, 11) is 0. The molecular formula is C9H8BrN3OS. The molecule has 15 heavy (non-hydrogen) atoms. The van der Waals surface area contributed by atoms with Crippen molar-refractivity contribution in [2.75, 3.05) is 5.73 Å². The van der Waals surface area contributed by atoms with Crippen LogP contribution in [0.1, 0.15) is 5.56 Å². The molecule has 0 bridgehead atoms. The van der Waals surface area contributed by atoms with Crippen molar-refractivity contribution in [3.63, 3.8) is 0 Å². The molecule has 0 saturated carbocycles. The highest BCUT2D eigenvalue weighted by Gasteiger charge is 2.07. The average molecular weight is 286 g/mol. The van der Waals surface area contributed by atoms with Crippen molar-refractivity contribution < 1.29 is 0 Å². The van der Waals surface area contributed by atoms with Gasteiger partial charge in [-0.05, 0) is 35.0 Å². The Morgan fingerprint density at radius 1 is 1.53 bits per heavy atom. The minimum absolute atomic E-state index is 0.193. The summed E-state index contributed by atoms with van der Waals surface area (Å²) in [4.78, 5) is 19.2. The largest absolute Gasteiger partial charge is 0.383 e. The zero-order valence-electron chi connectivity index (χ0n) is 7.87. The number of hydrogen-bond donors (Lipinski definition) is 2. The molecule has 4 nitrogen and oxygen atoms in total. The molecule has 0 aromatic carbocycles. The summed E-state index contributed by atoms with van der Waals surface area (Å²) in [6, 6.07) is 3.78. The SMILES string of the molecule is Cc1c(N)nc(-c2ccc(Br)s2)[nH]c1=O. The molecule has 0 aliphatic rings. The number of halogens is 1. The highest BCUT2D eigenvalue weighted by atomic mass is 79.9. The third-order valence-corrected chi connectivity index (χ3v) is 3.63. The summed E-state index contributed by atoms with van der Waals surface area (Å²) >= 11 is 4.84. The molecule has 0 radical (unpaired) electrons. The molecule has 3 N–H and O–H groups in total. The monoisotopic (exact) mass is 285 g/mol. The maximum atomic E-state index is 11.5. The van der Waals surface area contributed by atoms with E-state index in [0.717, 1.165) is 8.66 Å². The minimum Gasteiger partial charge on any atom is -0.383 e. The van der Waals surface area contributed by atoms with Crippen molar-refractivity contribution in [2.45, 2.75) is 6.92 Å². The standard InChI is InChI=1S/C9H8BrN3OS/c1-4-7(11)12-8(13-9(4)14)5-2-3-6(10)15-5/h2-3H,1H3,(H3,11,12,13,14). The van der Waals surface area contributed by atoms with E-state index in [1.807, 2.05) is 12.1 Å². The Labute approximate surface area is 98.3 Å². The van der Waals surface area contributed by atoms with Crippen LogP contribution in [0.3, 0.4) is 0 Å². The molecule has 2 aromatic heterocycles. The topological polar surface area (TPSA) is 71.8 Å². The molecule has 2 heterocycles. The van der Waals surface area contributed by atoms with Gasteiger partial charge < -0.3 is 10.7 Å². The van der Waals surface area contributed by atoms with Gasteiger partial charge in [-0.1, -0.05) is 0 Å². The van der Waals surface area contributed by atoms with Gasteiger partial charge in [0.05, 0.1) is 14.2 Å². The third-order valence-electron chi connectivity index (χ3n) is 2.00. The lowest BCUT2D eigenvalue weighted by Gasteiger charge is -2.00. The smallest absolute Gasteiger partial charge is 0.256 e. The quantitative estimate of drug-likeness (QED) is 0.843. The predicted octanol–water partition coefficient (Wildman–Crippen LogP) is 2.15. The number of thiophene rings is 1. The number of nitrogen functional groups attached to an aromatic ring is 1. The average Bonchev–Trinajstić information content (AvgIpc) is 2.60. The van der Waals surface area contributed by atoms with Gasteiger partial charge in [0.2, 0.25) is 0 Å². The molecule has 0 unspecified atom stereocenters. The van der Waals surface area contributed by atoms with E-state index < -0.39 is 0 Å². The molecule has 6 heteroatoms. The number of rotatable bonds is 1. The summed E-state index contributed by atoms with van der Waals surface area (Å²) in [5.41, 5.74) is 5.89. The zero-order valence-corrected chi connectivity index (χ0v) is 10.3. The lowest BCUT2D eigenvalue weighted by atomic mass is 10.3. The number of nitrogens with two attached hydrogens (primary N) is 1. The van der Waals surface area contributed by atoms with Crippen LogP contribution in [0.25, 0.3) is 10.7 Å². The van der Waals surface area contributed by atoms with Crippen molar-refractivity contribution in [1.29, 1.82) is 0 Å². The van der Waals surface area contributed by atoms with E-state index >= 15 is 0 Å². The van der Waals surface area contributed by atoms with Crippen LogP contribution in [0.2, 0.25) is 0 Å². The second-order valence-electron chi connectivity index (χ2n) is 3.03. The Kier molecular flexibility index (Phi) is 2.62. The van der Waals surface area contributed by atoms with E-state index in [-0.39, 0.29) is 11.4 Å². The van der Waals surface area contributed by atoms with Crippen molar-refractivity contribution in [2.24, 2.45) is 0 Å². The Morgan fingerprint density at radius 2 is 2.27 bits per heavy atom. The normalized spacial score (nSPS) is 10.5. The Bertz CT molecular complexity index is 561. The first-order valence-corrected chi connectivity index (χ1v) is 5.81. The molecule has 0 aliphatic heterocycles. The molecule has 0 amide bonds. The summed E-state index contributed by atoms with van der Waals surface area (Å²) < 4.78 is 0.985. The number of aromatic nitrogens is 2. The van der Waals surface area contributed by atoms with Crippen LogP contribution in [-0.2, 0) is 0 Å². The molecule has 2 rings (SSSR count). The van der Waals surface area contributed by atoms with E-state index in [0.29, 0.717) is 11.4 Å². The second-order valence-corrected chi connectivity index (χ2v) is 5.49. The predicted molar refractivity (Wildman–Crippen MR) is 65.0 cm³/mol. The molecule has 0 saturated heterocycles. The van der Waals surface area contributed by atoms with Crippen LogP contribution in [0.4, 0.5) is 5.82 Å². The molecule has 0 fully saturated rings. The van der Waals surface area contributed by atoms with Crippen LogP contribution in [0.15, 0.2) is 20.7 Å². The first kappa shape index (κ1) is 10.4. The van der Waals surface area contributed by atoms with E-state index in [1.54, 1.807) is 6.92 Å². The fourth-order valence-corrected chi connectivity index (χ4v) is 2.44. The van der Waals surface area contributed by atoms with Gasteiger partial charge in [-0.3, -0.25) is 4.79 Å². The number of hydrogen-bond acceptors (Lipinski definition) is 4. The van der Waals surface area contributed by atoms with Crippen molar-refractivity contribution >= 4 is 33.1 Å². The fraction of sp³-hybridized carbons (Fsp3) is 0.111. The first-order chi connectivity index (χ1) is 7.08. The zero-order chi connectivity index (χ0) is 11.0. The number of nitrogens with one attached hydrogen (secondary N) is 1. The molecule has 0 spiro atoms. The van der Waals surface area contributed by atoms with Crippen LogP contribution >= 0.6 is 27.3 Å². The summed E-state index contributed by atoms with van der Waals surface area (Å²) in [5, 5.41) is 0. The molecule has 78 valence electrons. The summed E-state index contributed by atoms with van der Waals surface area (Å²) in [5.74, 6) is 0.789. The van der Waals surface area contributed by atoms with E-state index in [9.17, 15) is 4.79 Å². The van der Waals surface area contributed by atoms with Gasteiger partial charge in [0, 0.05) is 0 Å². The molecule has 2 aromatic rings. The Morgan fingerprint density at radius 3 is 2.80 bits per heavy atom. The number of nitrogens with zero attached hydrogens (tertiary/aromatic N) is 1. The minimum atomic E-state index is -0.193. The van der Waals surface area contributed by atoms with E-state index in [1.165, 1.54) is 11.3 Å². The Balaban J connectivity index is 2.60. The van der Waals surface area contributed by atoms with Crippen LogP contribution in [-0.4, -0.2) is 9.97 Å². The van der Waals surface area contributed by atoms with Gasteiger partial charge in [-0.2, -0.15) is 0 Å². The van der Waals surface area contributed by atoms with Crippen LogP contribution in [0.5, 0.6) is 0 Å². The molecular weight excluding hydrogens is 278 g/mol. The number of aromatic amines is 1. The maximum Gasteiger partial charge on any atom is 0.256 e. The Hall–Kier alpha value is -1.14. The summed E-state index contributed by atoms with van der Waals surface area (Å²) in [6.07, 6.45) is 0. The summed E-state index contributed by atoms with van der Waals surface area (Å²) in [6.45, 7) is 1.65. The third kappa shape index (κ3) is 1.95. The molecule has 0 atom stereocenters. The highest BCUT2D eigenvalue weighted by Crippen LogP contribution is 2.28. The van der Waals surface area contributed by atoms with Crippen LogP contribution < -0.4 is 11.3 Å². The lowest BCUT2D eigenvalue weighted by Crippen LogP contribution is -2.15. The van der Waals surface area contributed by atoms with Crippen molar-refractivity contribution in [3.8, 4) is 10.7 Å². The van der Waals surface area contributed by atoms with Crippen molar-refractivity contribution in [3.05, 3.63) is 31.8 Å². The maximum absolute atomic E-state index is 11.5. The fourth-order valence-electron chi connectivity index (χ4n) is 1.11. The lowest BCUT2D eigenvalue weighted by molar-refractivity contribution is 1.10. The van der Waals surface area contributed by atoms with Gasteiger partial charge >= 0.3 is 0 Å². The van der Waals surface area contributed by atoms with Crippen LogP contribution in [0, 0.1) is 6.92 Å². The molecule has 0 aliphatic carbocycles. The van der Waals surface area contributed by atoms with E-state index in [4.69, 9.17) is 5.73 Å². The van der Waals surface area contributed by atoms with Gasteiger partial charge in [-0.25, -0.2) is 4.98 Å². The van der Waals surface area contributed by atoms with E-state index in [2.05, 4.69) is 25.9 Å². The number of H-pyrrole nitrogens is 1. The second kappa shape index (κ2) is 3.79. The number of anilines is 1. The van der Waals surface area contributed by atoms with Gasteiger partial charge in [0.15, 0.2) is 5.82 Å². The highest BCUT2D eigenvalue weighted by molar-refractivity contribution is 9.11. The first-order valence-electron chi connectivity index (χ1n) is 4.20. The van der Waals surface area contributed by atoms with Gasteiger partial charge in [0.25, 0.3) is 5.56 Å². The van der Waals surface area contributed by atoms with Gasteiger partial charge in [0.1, 0.15) is 5.82 Å². The van der Waals surface area contributed by atoms with Gasteiger partial charge in [-0.15, -0.1) is 11.3 Å². The van der Waals surface area contributed by atoms with Crippen molar-refractivity contribution in [1.82, 2.24) is 9.97 Å².